The van der Waals surface area contributed by atoms with E-state index in [4.69, 9.17) is 17.2 Å². The van der Waals surface area contributed by atoms with E-state index >= 15 is 0 Å². The van der Waals surface area contributed by atoms with E-state index in [0.717, 1.165) is 0 Å². The van der Waals surface area contributed by atoms with Crippen LogP contribution in [0.2, 0.25) is 0 Å². The van der Waals surface area contributed by atoms with Crippen LogP contribution >= 0.6 is 0 Å². The van der Waals surface area contributed by atoms with Crippen LogP contribution in [0.1, 0.15) is 0 Å². The van der Waals surface area contributed by atoms with E-state index in [1.54, 1.807) is 0 Å². The van der Waals surface area contributed by atoms with Gasteiger partial charge in [0.15, 0.2) is 0 Å². The summed E-state index contributed by atoms with van der Waals surface area (Å²) in [5.41, 5.74) is 13.8. The summed E-state index contributed by atoms with van der Waals surface area (Å²) in [5, 5.41) is 0. The Morgan fingerprint density at radius 2 is 0.895 bits per heavy atom. The van der Waals surface area contributed by atoms with Gasteiger partial charge in [-0.2, -0.15) is 0 Å². The number of nitrogens with two attached hydrogens (primary N) is 3. The Bertz CT molecular complexity index is 394. The molecule has 9 nitrogen and oxygen atoms in total. The molecule has 0 spiro atoms. The van der Waals surface area contributed by atoms with Crippen LogP contribution < -0.4 is 17.2 Å². The summed E-state index contributed by atoms with van der Waals surface area (Å²) in [5.74, 6) is -3.33. The lowest BCUT2D eigenvalue weighted by Crippen LogP contribution is -2.37. The van der Waals surface area contributed by atoms with Gasteiger partial charge in [-0.05, 0) is 0 Å². The molecule has 19 heavy (non-hydrogen) atoms. The van der Waals surface area contributed by atoms with Gasteiger partial charge in [0, 0.05) is 0 Å². The Hall–Kier alpha value is -2.44. The smallest absolute Gasteiger partial charge is 0.546 e. The zero-order chi connectivity index (χ0) is 15.2. The van der Waals surface area contributed by atoms with Gasteiger partial charge in [-0.25, -0.2) is 14.4 Å². The Labute approximate surface area is 113 Å². The molecule has 0 amide bonds. The standard InChI is InChI=1S/3C3H5NO2.Al/c3*1-2(4)3(5)6;/h3*1,4H2,(H,5,6);/q;;;+3/p-3. The number of hydrogen-bond donors (Lipinski definition) is 3. The third-order valence-corrected chi connectivity index (χ3v) is 2.62. The van der Waals surface area contributed by atoms with Gasteiger partial charge in [0.05, 0.1) is 0 Å². The van der Waals surface area contributed by atoms with Crippen molar-refractivity contribution >= 4 is 33.1 Å². The lowest BCUT2D eigenvalue weighted by molar-refractivity contribution is -0.143. The summed E-state index contributed by atoms with van der Waals surface area (Å²) in [6.45, 7) is 9.29. The van der Waals surface area contributed by atoms with Crippen molar-refractivity contribution in [2.24, 2.45) is 17.2 Å². The molecule has 0 heterocycles. The van der Waals surface area contributed by atoms with Gasteiger partial charge in [0.1, 0.15) is 17.1 Å². The van der Waals surface area contributed by atoms with Crippen molar-refractivity contribution in [3.63, 3.8) is 0 Å². The Morgan fingerprint density at radius 3 is 1.05 bits per heavy atom. The zero-order valence-electron chi connectivity index (χ0n) is 9.88. The highest BCUT2D eigenvalue weighted by Gasteiger charge is 2.49. The quantitative estimate of drug-likeness (QED) is 0.371. The molecule has 0 aliphatic heterocycles. The summed E-state index contributed by atoms with van der Waals surface area (Å²) in [6, 6.07) is 0. The first-order valence-corrected chi connectivity index (χ1v) is 6.02. The molecule has 0 aromatic carbocycles. The van der Waals surface area contributed by atoms with E-state index < -0.39 is 50.1 Å². The SMILES string of the molecule is C=C(N)C(=O)[O][Al]([O]C(=O)C(=C)N)[O]C(=O)C(=C)N. The van der Waals surface area contributed by atoms with Crippen molar-refractivity contribution in [1.29, 1.82) is 0 Å². The summed E-state index contributed by atoms with van der Waals surface area (Å²) in [6.07, 6.45) is 0. The highest BCUT2D eigenvalue weighted by molar-refractivity contribution is 6.45. The van der Waals surface area contributed by atoms with E-state index in [1.165, 1.54) is 0 Å². The van der Waals surface area contributed by atoms with Crippen molar-refractivity contribution in [2.75, 3.05) is 0 Å². The number of carbonyl (C=O) groups excluding carboxylic acids is 3. The first-order chi connectivity index (χ1) is 8.65. The van der Waals surface area contributed by atoms with Crippen LogP contribution in [0.15, 0.2) is 36.8 Å². The highest BCUT2D eigenvalue weighted by Crippen LogP contribution is 2.01. The molecule has 0 saturated heterocycles. The molecule has 0 fully saturated rings. The summed E-state index contributed by atoms with van der Waals surface area (Å²) in [4.78, 5) is 33.5. The largest absolute Gasteiger partial charge is 1.20 e. The minimum absolute atomic E-state index is 0.470. The van der Waals surface area contributed by atoms with E-state index in [2.05, 4.69) is 31.1 Å². The Kier molecular flexibility index (Phi) is 6.19. The molecule has 102 valence electrons. The average molecular weight is 285 g/mol. The van der Waals surface area contributed by atoms with Crippen LogP contribution in [0.4, 0.5) is 0 Å². The second-order valence-corrected chi connectivity index (χ2v) is 4.36. The summed E-state index contributed by atoms with van der Waals surface area (Å²) in [7, 11) is 0. The van der Waals surface area contributed by atoms with Crippen LogP contribution in [0.3, 0.4) is 0 Å². The highest BCUT2D eigenvalue weighted by atomic mass is 27.3. The first kappa shape index (κ1) is 16.6. The molecule has 0 radical (unpaired) electrons. The van der Waals surface area contributed by atoms with Crippen LogP contribution in [0, 0.1) is 0 Å². The lowest BCUT2D eigenvalue weighted by atomic mass is 10.5. The molecule has 0 aromatic heterocycles. The van der Waals surface area contributed by atoms with Crippen molar-refractivity contribution in [1.82, 2.24) is 0 Å². The number of hydrogen-bond acceptors (Lipinski definition) is 9. The van der Waals surface area contributed by atoms with Crippen molar-refractivity contribution < 1.29 is 25.7 Å². The maximum absolute atomic E-state index is 11.2. The molecule has 0 unspecified atom stereocenters. The van der Waals surface area contributed by atoms with Crippen LogP contribution in [0.25, 0.3) is 0 Å². The molecule has 0 aliphatic rings. The maximum Gasteiger partial charge on any atom is 1.20 e. The normalized spacial score (nSPS) is 8.84. The van der Waals surface area contributed by atoms with Crippen molar-refractivity contribution in [2.45, 2.75) is 0 Å². The molecule has 0 saturated carbocycles. The van der Waals surface area contributed by atoms with E-state index in [-0.39, 0.29) is 0 Å². The first-order valence-electron chi connectivity index (χ1n) is 4.61. The second-order valence-electron chi connectivity index (χ2n) is 3.08. The van der Waals surface area contributed by atoms with Gasteiger partial charge >= 0.3 is 33.1 Å². The van der Waals surface area contributed by atoms with Crippen molar-refractivity contribution in [3.8, 4) is 0 Å². The minimum Gasteiger partial charge on any atom is -0.546 e. The Balaban J connectivity index is 4.82. The van der Waals surface area contributed by atoms with Gasteiger partial charge in [-0.1, -0.05) is 19.7 Å². The van der Waals surface area contributed by atoms with E-state index in [1.807, 2.05) is 0 Å². The zero-order valence-corrected chi connectivity index (χ0v) is 11.0. The van der Waals surface area contributed by atoms with Crippen LogP contribution in [-0.2, 0) is 25.7 Å². The molecule has 10 heteroatoms. The van der Waals surface area contributed by atoms with Gasteiger partial charge in [-0.3, -0.25) is 0 Å². The summed E-state index contributed by atoms with van der Waals surface area (Å²) < 4.78 is 13.6. The second kappa shape index (κ2) is 7.10. The molecular formula is C9H12AlN3O6. The molecule has 0 aromatic rings. The molecule has 6 N–H and O–H groups in total. The topological polar surface area (TPSA) is 157 Å². The molecule has 0 aliphatic carbocycles. The summed E-state index contributed by atoms with van der Waals surface area (Å²) >= 11 is -3.55. The van der Waals surface area contributed by atoms with Gasteiger partial charge < -0.3 is 28.6 Å². The predicted molar refractivity (Wildman–Crippen MR) is 64.0 cm³/mol. The minimum atomic E-state index is -3.55. The van der Waals surface area contributed by atoms with E-state index in [9.17, 15) is 14.4 Å². The van der Waals surface area contributed by atoms with Gasteiger partial charge in [-0.15, -0.1) is 0 Å². The third-order valence-electron chi connectivity index (χ3n) is 1.40. The lowest BCUT2D eigenvalue weighted by Gasteiger charge is -2.12. The fourth-order valence-electron chi connectivity index (χ4n) is 0.561. The monoisotopic (exact) mass is 285 g/mol. The Morgan fingerprint density at radius 1 is 0.684 bits per heavy atom. The van der Waals surface area contributed by atoms with Gasteiger partial charge in [0.25, 0.3) is 0 Å². The third kappa shape index (κ3) is 6.16. The fourth-order valence-corrected chi connectivity index (χ4v) is 1.68. The maximum atomic E-state index is 11.2. The number of carbonyl (C=O) groups is 3. The van der Waals surface area contributed by atoms with Crippen molar-refractivity contribution in [3.05, 3.63) is 36.8 Å². The molecule has 0 atom stereocenters. The average Bonchev–Trinajstić information content (AvgIpc) is 2.27. The van der Waals surface area contributed by atoms with Crippen LogP contribution in [-0.4, -0.2) is 33.1 Å². The van der Waals surface area contributed by atoms with E-state index in [0.29, 0.717) is 0 Å². The van der Waals surface area contributed by atoms with Crippen LogP contribution in [0.5, 0.6) is 0 Å². The molecule has 0 bridgehead atoms. The molecule has 0 rings (SSSR count). The fraction of sp³-hybridized carbons (Fsp3) is 0. The van der Waals surface area contributed by atoms with Gasteiger partial charge in [0.2, 0.25) is 0 Å². The number of rotatable bonds is 6. The predicted octanol–water partition coefficient (Wildman–Crippen LogP) is -1.98. The molecular weight excluding hydrogens is 273 g/mol.